The Balaban J connectivity index is 1.38. The molecule has 280 valence electrons. The summed E-state index contributed by atoms with van der Waals surface area (Å²) >= 11 is 0. The van der Waals surface area contributed by atoms with Crippen molar-refractivity contribution in [2.24, 2.45) is 0 Å². The molecule has 3 saturated heterocycles. The third-order valence-corrected chi connectivity index (χ3v) is 8.90. The van der Waals surface area contributed by atoms with E-state index in [-0.39, 0.29) is 22.7 Å². The van der Waals surface area contributed by atoms with E-state index in [1.807, 2.05) is 0 Å². The summed E-state index contributed by atoms with van der Waals surface area (Å²) in [4.78, 5) is 14.0. The van der Waals surface area contributed by atoms with Crippen molar-refractivity contribution < 1.29 is 89.0 Å². The molecule has 51 heavy (non-hydrogen) atoms. The zero-order chi connectivity index (χ0) is 36.9. The second-order valence-corrected chi connectivity index (χ2v) is 12.5. The minimum atomic E-state index is -1.99. The molecule has 0 saturated carbocycles. The second kappa shape index (κ2) is 14.8. The highest BCUT2D eigenvalue weighted by atomic mass is 16.8. The first-order valence-electron chi connectivity index (χ1n) is 15.8. The molecule has 19 nitrogen and oxygen atoms in total. The van der Waals surface area contributed by atoms with Crippen molar-refractivity contribution in [1.29, 1.82) is 0 Å². The van der Waals surface area contributed by atoms with Crippen LogP contribution in [0.2, 0.25) is 0 Å². The lowest BCUT2D eigenvalue weighted by Gasteiger charge is -2.45. The van der Waals surface area contributed by atoms with Crippen LogP contribution in [0.15, 0.2) is 45.6 Å². The molecule has 3 fully saturated rings. The van der Waals surface area contributed by atoms with Crippen molar-refractivity contribution in [3.8, 4) is 34.3 Å². The molecule has 14 atom stereocenters. The van der Waals surface area contributed by atoms with E-state index in [2.05, 4.69) is 0 Å². The molecule has 0 unspecified atom stereocenters. The Morgan fingerprint density at radius 1 is 0.745 bits per heavy atom. The number of ether oxygens (including phenoxy) is 6. The van der Waals surface area contributed by atoms with Gasteiger partial charge in [0.15, 0.2) is 24.4 Å². The van der Waals surface area contributed by atoms with Gasteiger partial charge in [-0.3, -0.25) is 4.79 Å². The monoisotopic (exact) mass is 726 g/mol. The van der Waals surface area contributed by atoms with E-state index in [1.165, 1.54) is 31.2 Å². The fraction of sp³-hybridized carbons (Fsp3) is 0.531. The largest absolute Gasteiger partial charge is 0.508 e. The van der Waals surface area contributed by atoms with Gasteiger partial charge < -0.3 is 89.0 Å². The number of aliphatic hydroxyl groups excluding tert-OH is 8. The standard InChI is InChI=1S/C32H38O19/c1-10-19(37)23(41)26(44)30(47-10)46-9-17-21(39)24(42)29(51-31-25(43)20(38)15(36)8-45-31)32(49-17)50-28-22(40)18-14(35)6-13(34)7-16(18)48-27(28)11-2-4-12(33)5-3-11/h2-7,10,15,17,19-21,23-26,29-39,41-44H,8-9H2,1H3/t10-,15-,17+,19-,20+,21-,23+,24-,25-,26+,29+,30+,31+,32-/m0/s1. The van der Waals surface area contributed by atoms with Crippen LogP contribution in [-0.4, -0.2) is 155 Å². The van der Waals surface area contributed by atoms with Gasteiger partial charge in [-0.15, -0.1) is 0 Å². The van der Waals surface area contributed by atoms with Crippen LogP contribution in [0.1, 0.15) is 6.92 Å². The molecule has 6 rings (SSSR count). The van der Waals surface area contributed by atoms with Gasteiger partial charge in [-0.1, -0.05) is 0 Å². The normalized spacial score (nSPS) is 37.4. The Kier molecular flexibility index (Phi) is 10.7. The number of benzene rings is 2. The van der Waals surface area contributed by atoms with Gasteiger partial charge in [0.2, 0.25) is 17.5 Å². The van der Waals surface area contributed by atoms with Crippen LogP contribution in [0, 0.1) is 0 Å². The van der Waals surface area contributed by atoms with Crippen LogP contribution >= 0.6 is 0 Å². The number of phenols is 3. The SMILES string of the molecule is C[C@@H]1O[C@@H](OC[C@H]2O[C@@H](Oc3c(-c4ccc(O)cc4)oc4cc(O)cc(O)c4c3=O)[C@H](O[C@H]3OC[C@H](O)[C@@H](O)[C@@H]3O)[C@@H](O)[C@H]2O)[C@H](O)[C@H](O)[C@H]1O. The van der Waals surface area contributed by atoms with Gasteiger partial charge in [-0.25, -0.2) is 0 Å². The maximum atomic E-state index is 14.0. The number of rotatable bonds is 8. The quantitative estimate of drug-likeness (QED) is 0.111. The molecule has 0 aliphatic carbocycles. The molecule has 19 heteroatoms. The minimum Gasteiger partial charge on any atom is -0.508 e. The van der Waals surface area contributed by atoms with Gasteiger partial charge in [0, 0.05) is 17.7 Å². The Hall–Kier alpha value is -3.67. The number of hydrogen-bond donors (Lipinski definition) is 11. The summed E-state index contributed by atoms with van der Waals surface area (Å²) < 4.78 is 39.9. The van der Waals surface area contributed by atoms with E-state index in [1.54, 1.807) is 0 Å². The average molecular weight is 727 g/mol. The van der Waals surface area contributed by atoms with Gasteiger partial charge in [0.1, 0.15) is 83.2 Å². The summed E-state index contributed by atoms with van der Waals surface area (Å²) in [5.41, 5.74) is -1.15. The summed E-state index contributed by atoms with van der Waals surface area (Å²) in [6.07, 6.45) is -23.4. The van der Waals surface area contributed by atoms with Gasteiger partial charge in [0.25, 0.3) is 0 Å². The molecule has 0 bridgehead atoms. The number of phenolic OH excluding ortho intramolecular Hbond substituents is 3. The van der Waals surface area contributed by atoms with E-state index in [9.17, 15) is 61.0 Å². The molecule has 2 aromatic carbocycles. The Morgan fingerprint density at radius 2 is 1.43 bits per heavy atom. The average Bonchev–Trinajstić information content (AvgIpc) is 3.09. The zero-order valence-electron chi connectivity index (χ0n) is 26.6. The summed E-state index contributed by atoms with van der Waals surface area (Å²) in [5.74, 6) is -2.27. The number of aromatic hydroxyl groups is 3. The van der Waals surface area contributed by atoms with Crippen molar-refractivity contribution in [3.05, 3.63) is 46.6 Å². The molecule has 3 aliphatic heterocycles. The van der Waals surface area contributed by atoms with Crippen molar-refractivity contribution in [3.63, 3.8) is 0 Å². The van der Waals surface area contributed by atoms with Crippen molar-refractivity contribution in [1.82, 2.24) is 0 Å². The Bertz CT molecular complexity index is 1730. The molecule has 1 aromatic heterocycles. The first-order chi connectivity index (χ1) is 24.2. The highest BCUT2D eigenvalue weighted by Gasteiger charge is 2.51. The number of hydrogen-bond acceptors (Lipinski definition) is 19. The molecule has 11 N–H and O–H groups in total. The first kappa shape index (κ1) is 37.1. The number of aliphatic hydroxyl groups is 8. The van der Waals surface area contributed by atoms with E-state index in [4.69, 9.17) is 32.8 Å². The topological polar surface area (TPSA) is 308 Å². The lowest BCUT2D eigenvalue weighted by molar-refractivity contribution is -0.352. The van der Waals surface area contributed by atoms with Crippen LogP contribution in [-0.2, 0) is 23.7 Å². The Labute approximate surface area is 287 Å². The summed E-state index contributed by atoms with van der Waals surface area (Å²) in [6.45, 7) is 0.243. The van der Waals surface area contributed by atoms with E-state index < -0.39 is 127 Å². The fourth-order valence-corrected chi connectivity index (χ4v) is 5.97. The van der Waals surface area contributed by atoms with Crippen LogP contribution < -0.4 is 10.2 Å². The minimum absolute atomic E-state index is 0.139. The summed E-state index contributed by atoms with van der Waals surface area (Å²) in [5, 5.41) is 114. The van der Waals surface area contributed by atoms with Crippen molar-refractivity contribution in [2.45, 2.75) is 92.9 Å². The first-order valence-corrected chi connectivity index (χ1v) is 15.8. The molecule has 3 aromatic rings. The van der Waals surface area contributed by atoms with Gasteiger partial charge in [0.05, 0.1) is 19.3 Å². The fourth-order valence-electron chi connectivity index (χ4n) is 5.97. The molecule has 4 heterocycles. The maximum Gasteiger partial charge on any atom is 0.239 e. The highest BCUT2D eigenvalue weighted by molar-refractivity contribution is 5.88. The molecule has 0 amide bonds. The zero-order valence-corrected chi connectivity index (χ0v) is 26.6. The highest BCUT2D eigenvalue weighted by Crippen LogP contribution is 2.38. The van der Waals surface area contributed by atoms with Crippen molar-refractivity contribution in [2.75, 3.05) is 13.2 Å². The van der Waals surface area contributed by atoms with Crippen molar-refractivity contribution >= 4 is 11.0 Å². The molecular weight excluding hydrogens is 688 g/mol. The third kappa shape index (κ3) is 7.22. The van der Waals surface area contributed by atoms with Gasteiger partial charge in [-0.05, 0) is 31.2 Å². The molecule has 3 aliphatic rings. The maximum absolute atomic E-state index is 14.0. The lowest BCUT2D eigenvalue weighted by Crippen LogP contribution is -2.64. The predicted molar refractivity (Wildman–Crippen MR) is 165 cm³/mol. The predicted octanol–water partition coefficient (Wildman–Crippen LogP) is -2.93. The smallest absolute Gasteiger partial charge is 0.239 e. The molecular formula is C32H38O19. The van der Waals surface area contributed by atoms with E-state index >= 15 is 0 Å². The van der Waals surface area contributed by atoms with Crippen LogP contribution in [0.5, 0.6) is 23.0 Å². The Morgan fingerprint density at radius 3 is 2.14 bits per heavy atom. The molecule has 0 spiro atoms. The van der Waals surface area contributed by atoms with E-state index in [0.29, 0.717) is 0 Å². The third-order valence-electron chi connectivity index (χ3n) is 8.90. The van der Waals surface area contributed by atoms with Crippen LogP contribution in [0.3, 0.4) is 0 Å². The second-order valence-electron chi connectivity index (χ2n) is 12.5. The van der Waals surface area contributed by atoms with Crippen LogP contribution in [0.4, 0.5) is 0 Å². The van der Waals surface area contributed by atoms with Gasteiger partial charge >= 0.3 is 0 Å². The molecule has 0 radical (unpaired) electrons. The van der Waals surface area contributed by atoms with Gasteiger partial charge in [-0.2, -0.15) is 0 Å². The van der Waals surface area contributed by atoms with E-state index in [0.717, 1.165) is 12.1 Å². The summed E-state index contributed by atoms with van der Waals surface area (Å²) in [6, 6.07) is 7.15. The number of fused-ring (bicyclic) bond motifs is 1. The van der Waals surface area contributed by atoms with Crippen LogP contribution in [0.25, 0.3) is 22.3 Å². The summed E-state index contributed by atoms with van der Waals surface area (Å²) in [7, 11) is 0. The lowest BCUT2D eigenvalue weighted by atomic mass is 9.98.